The van der Waals surface area contributed by atoms with E-state index in [1.165, 1.54) is 60.7 Å². The predicted octanol–water partition coefficient (Wildman–Crippen LogP) is 4.90. The minimum Gasteiger partial charge on any atom is -0.457 e. The third-order valence-electron chi connectivity index (χ3n) is 3.67. The smallest absolute Gasteiger partial charge is 0.269 e. The van der Waals surface area contributed by atoms with Crippen LogP contribution in [0.15, 0.2) is 66.7 Å². The Bertz CT molecular complexity index is 1030. The number of carbonyl (C=O) groups is 1. The second-order valence-corrected chi connectivity index (χ2v) is 5.52. The molecule has 0 aliphatic carbocycles. The van der Waals surface area contributed by atoms with Crippen molar-refractivity contribution in [3.63, 3.8) is 0 Å². The number of carbonyl (C=O) groups excluding carboxylic acids is 1. The summed E-state index contributed by atoms with van der Waals surface area (Å²) >= 11 is 0. The lowest BCUT2D eigenvalue weighted by Gasteiger charge is -2.11. The maximum absolute atomic E-state index is 11.3. The Labute approximate surface area is 158 Å². The first-order valence-electron chi connectivity index (χ1n) is 7.90. The zero-order chi connectivity index (χ0) is 20.1. The van der Waals surface area contributed by atoms with E-state index < -0.39 is 9.85 Å². The maximum atomic E-state index is 11.3. The fraction of sp³-hybridized carbons (Fsp3) is 0. The van der Waals surface area contributed by atoms with Gasteiger partial charge < -0.3 is 9.47 Å². The Balaban J connectivity index is 1.82. The van der Waals surface area contributed by atoms with Gasteiger partial charge in [0.1, 0.15) is 23.0 Å². The van der Waals surface area contributed by atoms with Crippen molar-refractivity contribution >= 4 is 17.7 Å². The van der Waals surface area contributed by atoms with Crippen LogP contribution < -0.4 is 9.47 Å². The molecule has 0 radical (unpaired) electrons. The molecule has 0 aliphatic heterocycles. The summed E-state index contributed by atoms with van der Waals surface area (Å²) in [6.45, 7) is 0. The normalized spacial score (nSPS) is 10.1. The Kier molecular flexibility index (Phi) is 5.26. The van der Waals surface area contributed by atoms with Gasteiger partial charge in [-0.15, -0.1) is 0 Å². The van der Waals surface area contributed by atoms with E-state index in [1.54, 1.807) is 6.07 Å². The van der Waals surface area contributed by atoms with E-state index in [-0.39, 0.29) is 22.7 Å². The van der Waals surface area contributed by atoms with Gasteiger partial charge in [0.25, 0.3) is 11.4 Å². The Morgan fingerprint density at radius 3 is 1.61 bits per heavy atom. The zero-order valence-electron chi connectivity index (χ0n) is 14.2. The molecule has 0 unspecified atom stereocenters. The van der Waals surface area contributed by atoms with Crippen LogP contribution in [0.1, 0.15) is 10.4 Å². The van der Waals surface area contributed by atoms with Gasteiger partial charge in [-0.1, -0.05) is 0 Å². The summed E-state index contributed by atoms with van der Waals surface area (Å²) in [5, 5.41) is 21.4. The minimum atomic E-state index is -0.528. The molecule has 0 fully saturated rings. The largest absolute Gasteiger partial charge is 0.457 e. The lowest BCUT2D eigenvalue weighted by atomic mass is 10.2. The van der Waals surface area contributed by atoms with E-state index in [2.05, 4.69) is 0 Å². The van der Waals surface area contributed by atoms with Gasteiger partial charge in [0.2, 0.25) is 0 Å². The van der Waals surface area contributed by atoms with Crippen LogP contribution in [-0.2, 0) is 0 Å². The molecular formula is C19H12N2O7. The third kappa shape index (κ3) is 4.28. The van der Waals surface area contributed by atoms with Gasteiger partial charge >= 0.3 is 0 Å². The molecule has 3 rings (SSSR count). The number of ether oxygens (including phenoxy) is 2. The number of nitro benzene ring substituents is 2. The SMILES string of the molecule is O=Cc1ccc(Oc2ccc([N+](=O)[O-])cc2)cc1Oc1ccc([N+](=O)[O-])cc1. The fourth-order valence-electron chi connectivity index (χ4n) is 2.30. The highest BCUT2D eigenvalue weighted by Gasteiger charge is 2.11. The van der Waals surface area contributed by atoms with Gasteiger partial charge in [-0.05, 0) is 36.4 Å². The summed E-state index contributed by atoms with van der Waals surface area (Å²) in [6, 6.07) is 15.4. The van der Waals surface area contributed by atoms with Crippen LogP contribution in [0.3, 0.4) is 0 Å². The van der Waals surface area contributed by atoms with Gasteiger partial charge in [0.05, 0.1) is 15.4 Å². The molecule has 3 aromatic carbocycles. The number of benzene rings is 3. The standard InChI is InChI=1S/C19H12N2O7/c22-12-13-1-6-18(27-16-7-2-14(3-8-16)20(23)24)11-19(13)28-17-9-4-15(5-10-17)21(25)26/h1-12H. The molecule has 0 heterocycles. The van der Waals surface area contributed by atoms with Crippen molar-refractivity contribution in [1.29, 1.82) is 0 Å². The van der Waals surface area contributed by atoms with Crippen molar-refractivity contribution < 1.29 is 24.1 Å². The van der Waals surface area contributed by atoms with Gasteiger partial charge in [-0.2, -0.15) is 0 Å². The minimum absolute atomic E-state index is 0.0640. The van der Waals surface area contributed by atoms with Gasteiger partial charge in [-0.3, -0.25) is 25.0 Å². The summed E-state index contributed by atoms with van der Waals surface area (Å²) in [5.41, 5.74) is 0.110. The zero-order valence-corrected chi connectivity index (χ0v) is 14.2. The Hall–Kier alpha value is -4.27. The lowest BCUT2D eigenvalue weighted by molar-refractivity contribution is -0.385. The number of rotatable bonds is 7. The van der Waals surface area contributed by atoms with E-state index in [1.807, 2.05) is 0 Å². The van der Waals surface area contributed by atoms with Crippen LogP contribution >= 0.6 is 0 Å². The average Bonchev–Trinajstić information content (AvgIpc) is 2.69. The molecule has 0 aromatic heterocycles. The first-order valence-corrected chi connectivity index (χ1v) is 7.90. The molecule has 9 nitrogen and oxygen atoms in total. The van der Waals surface area contributed by atoms with E-state index in [0.29, 0.717) is 23.5 Å². The molecule has 0 spiro atoms. The van der Waals surface area contributed by atoms with Gasteiger partial charge in [-0.25, -0.2) is 0 Å². The van der Waals surface area contributed by atoms with Crippen molar-refractivity contribution in [3.05, 3.63) is 92.5 Å². The molecular weight excluding hydrogens is 368 g/mol. The summed E-state index contributed by atoms with van der Waals surface area (Å²) < 4.78 is 11.3. The quantitative estimate of drug-likeness (QED) is 0.324. The topological polar surface area (TPSA) is 122 Å². The number of nitrogens with zero attached hydrogens (tertiary/aromatic N) is 2. The summed E-state index contributed by atoms with van der Waals surface area (Å²) in [6.07, 6.45) is 0.608. The number of hydrogen-bond donors (Lipinski definition) is 0. The van der Waals surface area contributed by atoms with Crippen LogP contribution in [0.4, 0.5) is 11.4 Å². The number of hydrogen-bond acceptors (Lipinski definition) is 7. The lowest BCUT2D eigenvalue weighted by Crippen LogP contribution is -1.93. The van der Waals surface area contributed by atoms with Crippen LogP contribution in [0.5, 0.6) is 23.0 Å². The van der Waals surface area contributed by atoms with Crippen LogP contribution in [0.25, 0.3) is 0 Å². The van der Waals surface area contributed by atoms with Gasteiger partial charge in [0, 0.05) is 30.3 Å². The predicted molar refractivity (Wildman–Crippen MR) is 98.2 cm³/mol. The van der Waals surface area contributed by atoms with E-state index in [4.69, 9.17) is 9.47 Å². The number of non-ortho nitro benzene ring substituents is 2. The molecule has 0 aliphatic rings. The molecule has 0 bridgehead atoms. The summed E-state index contributed by atoms with van der Waals surface area (Å²) in [7, 11) is 0. The average molecular weight is 380 g/mol. The molecule has 0 amide bonds. The first kappa shape index (κ1) is 18.5. The highest BCUT2D eigenvalue weighted by atomic mass is 16.6. The van der Waals surface area contributed by atoms with E-state index >= 15 is 0 Å². The maximum Gasteiger partial charge on any atom is 0.269 e. The highest BCUT2D eigenvalue weighted by Crippen LogP contribution is 2.32. The third-order valence-corrected chi connectivity index (χ3v) is 3.67. The van der Waals surface area contributed by atoms with Crippen molar-refractivity contribution in [2.24, 2.45) is 0 Å². The molecule has 28 heavy (non-hydrogen) atoms. The highest BCUT2D eigenvalue weighted by molar-refractivity contribution is 5.80. The molecule has 9 heteroatoms. The molecule has 0 saturated carbocycles. The molecule has 0 atom stereocenters. The van der Waals surface area contributed by atoms with E-state index in [9.17, 15) is 25.0 Å². The van der Waals surface area contributed by atoms with Gasteiger partial charge in [0.15, 0.2) is 6.29 Å². The molecule has 0 N–H and O–H groups in total. The number of aldehydes is 1. The van der Waals surface area contributed by atoms with E-state index in [0.717, 1.165) is 0 Å². The molecule has 0 saturated heterocycles. The van der Waals surface area contributed by atoms with Crippen molar-refractivity contribution in [1.82, 2.24) is 0 Å². The monoisotopic (exact) mass is 380 g/mol. The second kappa shape index (κ2) is 7.96. The molecule has 140 valence electrons. The Morgan fingerprint density at radius 2 is 1.14 bits per heavy atom. The number of nitro groups is 2. The second-order valence-electron chi connectivity index (χ2n) is 5.52. The van der Waals surface area contributed by atoms with Crippen LogP contribution in [-0.4, -0.2) is 16.1 Å². The first-order chi connectivity index (χ1) is 13.5. The molecule has 3 aromatic rings. The van der Waals surface area contributed by atoms with Crippen molar-refractivity contribution in [3.8, 4) is 23.0 Å². The summed E-state index contributed by atoms with van der Waals surface area (Å²) in [4.78, 5) is 31.6. The summed E-state index contributed by atoms with van der Waals surface area (Å²) in [5.74, 6) is 1.21. The Morgan fingerprint density at radius 1 is 0.679 bits per heavy atom. The van der Waals surface area contributed by atoms with Crippen LogP contribution in [0.2, 0.25) is 0 Å². The fourth-order valence-corrected chi connectivity index (χ4v) is 2.30. The van der Waals surface area contributed by atoms with Crippen molar-refractivity contribution in [2.75, 3.05) is 0 Å². The van der Waals surface area contributed by atoms with Crippen molar-refractivity contribution in [2.45, 2.75) is 0 Å². The van der Waals surface area contributed by atoms with Crippen LogP contribution in [0, 0.1) is 20.2 Å².